The highest BCUT2D eigenvalue weighted by molar-refractivity contribution is 5.92. The third-order valence-electron chi connectivity index (χ3n) is 4.72. The Morgan fingerprint density at radius 1 is 1.18 bits per heavy atom. The normalized spacial score (nSPS) is 23.3. The Hall–Kier alpha value is -1.55. The van der Waals surface area contributed by atoms with Crippen molar-refractivity contribution in [3.8, 4) is 0 Å². The van der Waals surface area contributed by atoms with E-state index in [4.69, 9.17) is 4.74 Å². The zero-order valence-electron chi connectivity index (χ0n) is 13.4. The maximum Gasteiger partial charge on any atom is 0.227 e. The van der Waals surface area contributed by atoms with E-state index in [0.717, 1.165) is 38.2 Å². The summed E-state index contributed by atoms with van der Waals surface area (Å²) in [6, 6.07) is 8.20. The molecule has 4 nitrogen and oxygen atoms in total. The van der Waals surface area contributed by atoms with Crippen molar-refractivity contribution in [1.29, 1.82) is 0 Å². The third kappa shape index (κ3) is 3.80. The Morgan fingerprint density at radius 3 is 2.59 bits per heavy atom. The van der Waals surface area contributed by atoms with E-state index in [0.29, 0.717) is 0 Å². The lowest BCUT2D eigenvalue weighted by Crippen LogP contribution is -2.41. The van der Waals surface area contributed by atoms with Crippen molar-refractivity contribution in [3.05, 3.63) is 24.3 Å². The van der Waals surface area contributed by atoms with Gasteiger partial charge in [-0.3, -0.25) is 4.79 Å². The first-order valence-electron chi connectivity index (χ1n) is 8.50. The molecule has 0 bridgehead atoms. The molecule has 1 saturated carbocycles. The number of anilines is 2. The summed E-state index contributed by atoms with van der Waals surface area (Å²) in [5, 5.41) is 3.07. The quantitative estimate of drug-likeness (QED) is 0.930. The largest absolute Gasteiger partial charge is 0.375 e. The number of morpholine rings is 1. The first-order valence-corrected chi connectivity index (χ1v) is 8.50. The van der Waals surface area contributed by atoms with Crippen molar-refractivity contribution < 1.29 is 9.53 Å². The second-order valence-electron chi connectivity index (χ2n) is 6.50. The summed E-state index contributed by atoms with van der Waals surface area (Å²) in [4.78, 5) is 14.6. The van der Waals surface area contributed by atoms with Crippen molar-refractivity contribution in [1.82, 2.24) is 0 Å². The van der Waals surface area contributed by atoms with Crippen LogP contribution < -0.4 is 10.2 Å². The maximum absolute atomic E-state index is 12.3. The van der Waals surface area contributed by atoms with Crippen LogP contribution in [0.25, 0.3) is 0 Å². The van der Waals surface area contributed by atoms with E-state index in [1.807, 2.05) is 12.1 Å². The lowest BCUT2D eigenvalue weighted by atomic mass is 9.88. The van der Waals surface area contributed by atoms with E-state index >= 15 is 0 Å². The van der Waals surface area contributed by atoms with Crippen LogP contribution in [0.2, 0.25) is 0 Å². The van der Waals surface area contributed by atoms with E-state index in [1.54, 1.807) is 0 Å². The maximum atomic E-state index is 12.3. The zero-order chi connectivity index (χ0) is 15.4. The van der Waals surface area contributed by atoms with Gasteiger partial charge in [0.1, 0.15) is 0 Å². The Labute approximate surface area is 132 Å². The highest BCUT2D eigenvalue weighted by Crippen LogP contribution is 2.26. The molecule has 1 aliphatic heterocycles. The highest BCUT2D eigenvalue weighted by Gasteiger charge is 2.21. The van der Waals surface area contributed by atoms with E-state index < -0.39 is 0 Å². The lowest BCUT2D eigenvalue weighted by molar-refractivity contribution is -0.120. The summed E-state index contributed by atoms with van der Waals surface area (Å²) in [7, 11) is 0. The molecule has 0 radical (unpaired) electrons. The number of rotatable bonds is 3. The molecular formula is C18H26N2O2. The van der Waals surface area contributed by atoms with Crippen LogP contribution in [0.5, 0.6) is 0 Å². The van der Waals surface area contributed by atoms with Crippen LogP contribution >= 0.6 is 0 Å². The van der Waals surface area contributed by atoms with Gasteiger partial charge in [-0.15, -0.1) is 0 Å². The predicted molar refractivity (Wildman–Crippen MR) is 89.3 cm³/mol. The first kappa shape index (κ1) is 15.3. The Bertz CT molecular complexity index is 494. The van der Waals surface area contributed by atoms with Crippen molar-refractivity contribution in [2.45, 2.75) is 45.1 Å². The van der Waals surface area contributed by atoms with E-state index in [1.165, 1.54) is 24.9 Å². The van der Waals surface area contributed by atoms with Crippen molar-refractivity contribution >= 4 is 17.3 Å². The molecule has 1 aliphatic carbocycles. The Balaban J connectivity index is 1.58. The summed E-state index contributed by atoms with van der Waals surface area (Å²) >= 11 is 0. The molecule has 3 rings (SSSR count). The molecule has 22 heavy (non-hydrogen) atoms. The number of amides is 1. The first-order chi connectivity index (χ1) is 10.7. The molecule has 2 aliphatic rings. The number of hydrogen-bond donors (Lipinski definition) is 1. The standard InChI is InChI=1S/C18H26N2O2/c1-14-13-20(11-12-22-14)17-9-7-16(8-10-17)19-18(21)15-5-3-2-4-6-15/h7-10,14-15H,2-6,11-13H2,1H3,(H,19,21). The van der Waals surface area contributed by atoms with Crippen LogP contribution in [0, 0.1) is 5.92 Å². The molecule has 1 amide bonds. The zero-order valence-corrected chi connectivity index (χ0v) is 13.4. The number of nitrogens with one attached hydrogen (secondary N) is 1. The molecule has 1 heterocycles. The number of carbonyl (C=O) groups excluding carboxylic acids is 1. The van der Waals surface area contributed by atoms with Crippen molar-refractivity contribution in [3.63, 3.8) is 0 Å². The van der Waals surface area contributed by atoms with Crippen LogP contribution in [0.15, 0.2) is 24.3 Å². The van der Waals surface area contributed by atoms with Gasteiger partial charge < -0.3 is 15.0 Å². The molecule has 120 valence electrons. The molecule has 1 N–H and O–H groups in total. The minimum Gasteiger partial charge on any atom is -0.375 e. The highest BCUT2D eigenvalue weighted by atomic mass is 16.5. The molecule has 1 unspecified atom stereocenters. The van der Waals surface area contributed by atoms with Crippen LogP contribution in [0.1, 0.15) is 39.0 Å². The second-order valence-corrected chi connectivity index (χ2v) is 6.50. The molecule has 1 saturated heterocycles. The van der Waals surface area contributed by atoms with Crippen molar-refractivity contribution in [2.75, 3.05) is 29.9 Å². The molecule has 4 heteroatoms. The Morgan fingerprint density at radius 2 is 1.91 bits per heavy atom. The van der Waals surface area contributed by atoms with Gasteiger partial charge in [0, 0.05) is 30.4 Å². The van der Waals surface area contributed by atoms with Crippen LogP contribution in [0.3, 0.4) is 0 Å². The van der Waals surface area contributed by atoms with Gasteiger partial charge in [-0.1, -0.05) is 19.3 Å². The molecule has 0 spiro atoms. The molecule has 1 aromatic rings. The fourth-order valence-electron chi connectivity index (χ4n) is 3.42. The van der Waals surface area contributed by atoms with Gasteiger partial charge >= 0.3 is 0 Å². The number of carbonyl (C=O) groups is 1. The number of benzene rings is 1. The SMILES string of the molecule is CC1CN(c2ccc(NC(=O)C3CCCCC3)cc2)CCO1. The number of nitrogens with zero attached hydrogens (tertiary/aromatic N) is 1. The van der Waals surface area contributed by atoms with Gasteiger partial charge in [0.15, 0.2) is 0 Å². The van der Waals surface area contributed by atoms with E-state index in [-0.39, 0.29) is 17.9 Å². The fraction of sp³-hybridized carbons (Fsp3) is 0.611. The monoisotopic (exact) mass is 302 g/mol. The van der Waals surface area contributed by atoms with Gasteiger partial charge in [-0.2, -0.15) is 0 Å². The van der Waals surface area contributed by atoms with Gasteiger partial charge in [0.05, 0.1) is 12.7 Å². The van der Waals surface area contributed by atoms with Crippen LogP contribution in [-0.2, 0) is 9.53 Å². The second kappa shape index (κ2) is 7.14. The van der Waals surface area contributed by atoms with Gasteiger partial charge in [0.25, 0.3) is 0 Å². The lowest BCUT2D eigenvalue weighted by Gasteiger charge is -2.33. The van der Waals surface area contributed by atoms with Crippen molar-refractivity contribution in [2.24, 2.45) is 5.92 Å². The van der Waals surface area contributed by atoms with Gasteiger partial charge in [-0.25, -0.2) is 0 Å². The number of hydrogen-bond acceptors (Lipinski definition) is 3. The molecule has 1 atom stereocenters. The van der Waals surface area contributed by atoms with Gasteiger partial charge in [0.2, 0.25) is 5.91 Å². The predicted octanol–water partition coefficient (Wildman–Crippen LogP) is 3.43. The summed E-state index contributed by atoms with van der Waals surface area (Å²) in [6.07, 6.45) is 6.00. The molecule has 0 aromatic heterocycles. The minimum atomic E-state index is 0.187. The average molecular weight is 302 g/mol. The smallest absolute Gasteiger partial charge is 0.227 e. The minimum absolute atomic E-state index is 0.187. The van der Waals surface area contributed by atoms with Gasteiger partial charge in [-0.05, 0) is 44.0 Å². The molecule has 2 fully saturated rings. The van der Waals surface area contributed by atoms with E-state index in [2.05, 4.69) is 29.3 Å². The Kier molecular flexibility index (Phi) is 4.98. The topological polar surface area (TPSA) is 41.6 Å². The summed E-state index contributed by atoms with van der Waals surface area (Å²) in [5.41, 5.74) is 2.10. The summed E-state index contributed by atoms with van der Waals surface area (Å²) in [5.74, 6) is 0.390. The fourth-order valence-corrected chi connectivity index (χ4v) is 3.42. The summed E-state index contributed by atoms with van der Waals surface area (Å²) < 4.78 is 5.57. The van der Waals surface area contributed by atoms with Crippen LogP contribution in [0.4, 0.5) is 11.4 Å². The average Bonchev–Trinajstić information content (AvgIpc) is 2.56. The van der Waals surface area contributed by atoms with Crippen LogP contribution in [-0.4, -0.2) is 31.7 Å². The number of ether oxygens (including phenoxy) is 1. The van der Waals surface area contributed by atoms with E-state index in [9.17, 15) is 4.79 Å². The third-order valence-corrected chi connectivity index (χ3v) is 4.72. The summed E-state index contributed by atoms with van der Waals surface area (Å²) in [6.45, 7) is 4.73. The molecule has 1 aromatic carbocycles. The molecular weight excluding hydrogens is 276 g/mol.